The number of nitrogens with one attached hydrogen (secondary N) is 1. The van der Waals surface area contributed by atoms with Gasteiger partial charge in [-0.05, 0) is 48.2 Å². The van der Waals surface area contributed by atoms with Crippen molar-refractivity contribution in [3.63, 3.8) is 0 Å². The minimum Gasteiger partial charge on any atom is -0.494 e. The Morgan fingerprint density at radius 2 is 1.87 bits per heavy atom. The van der Waals surface area contributed by atoms with E-state index in [4.69, 9.17) is 4.74 Å². The van der Waals surface area contributed by atoms with E-state index in [1.807, 2.05) is 41.3 Å². The first-order valence-corrected chi connectivity index (χ1v) is 10.7. The monoisotopic (exact) mass is 407 g/mol. The molecular formula is C24H29N3O3. The highest BCUT2D eigenvalue weighted by molar-refractivity contribution is 5.94. The average molecular weight is 408 g/mol. The number of para-hydroxylation sites is 1. The Morgan fingerprint density at radius 3 is 2.63 bits per heavy atom. The molecule has 4 rings (SSSR count). The quantitative estimate of drug-likeness (QED) is 0.743. The lowest BCUT2D eigenvalue weighted by molar-refractivity contribution is -0.131. The second-order valence-corrected chi connectivity index (χ2v) is 8.06. The number of anilines is 2. The molecule has 0 aliphatic carbocycles. The van der Waals surface area contributed by atoms with E-state index in [1.165, 1.54) is 5.69 Å². The molecule has 6 heteroatoms. The number of amides is 2. The van der Waals surface area contributed by atoms with E-state index < -0.39 is 0 Å². The standard InChI is InChI=1S/C24H29N3O3/c1-18-16-23(28)25-22-10-9-20(17-21(18)22)30-15-5-8-24(29)27-13-11-26(12-14-27)19-6-3-2-4-7-19/h2-4,6-7,9-10,17-18H,5,8,11-16H2,1H3,(H,25,28). The number of ether oxygens (including phenoxy) is 1. The van der Waals surface area contributed by atoms with Gasteiger partial charge in [-0.3, -0.25) is 9.59 Å². The summed E-state index contributed by atoms with van der Waals surface area (Å²) in [6.45, 7) is 5.84. The molecule has 0 bridgehead atoms. The molecular weight excluding hydrogens is 378 g/mol. The van der Waals surface area contributed by atoms with Crippen molar-refractivity contribution in [2.45, 2.75) is 32.1 Å². The Kier molecular flexibility index (Phi) is 6.21. The predicted octanol–water partition coefficient (Wildman–Crippen LogP) is 3.64. The highest BCUT2D eigenvalue weighted by Gasteiger charge is 2.22. The lowest BCUT2D eigenvalue weighted by Gasteiger charge is -2.36. The lowest BCUT2D eigenvalue weighted by Crippen LogP contribution is -2.48. The van der Waals surface area contributed by atoms with Crippen LogP contribution in [0.3, 0.4) is 0 Å². The molecule has 1 atom stereocenters. The van der Waals surface area contributed by atoms with E-state index in [-0.39, 0.29) is 17.7 Å². The summed E-state index contributed by atoms with van der Waals surface area (Å²) < 4.78 is 5.87. The zero-order chi connectivity index (χ0) is 20.9. The van der Waals surface area contributed by atoms with E-state index in [0.717, 1.165) is 43.2 Å². The summed E-state index contributed by atoms with van der Waals surface area (Å²) in [6, 6.07) is 16.1. The lowest BCUT2D eigenvalue weighted by atomic mass is 9.92. The average Bonchev–Trinajstić information content (AvgIpc) is 2.77. The highest BCUT2D eigenvalue weighted by atomic mass is 16.5. The van der Waals surface area contributed by atoms with Gasteiger partial charge in [-0.2, -0.15) is 0 Å². The van der Waals surface area contributed by atoms with E-state index in [2.05, 4.69) is 29.3 Å². The number of fused-ring (bicyclic) bond motifs is 1. The number of carbonyl (C=O) groups excluding carboxylic acids is 2. The van der Waals surface area contributed by atoms with Crippen LogP contribution < -0.4 is 15.0 Å². The summed E-state index contributed by atoms with van der Waals surface area (Å²) >= 11 is 0. The van der Waals surface area contributed by atoms with E-state index in [0.29, 0.717) is 25.9 Å². The summed E-state index contributed by atoms with van der Waals surface area (Å²) in [5.74, 6) is 1.24. The van der Waals surface area contributed by atoms with E-state index >= 15 is 0 Å². The fourth-order valence-corrected chi connectivity index (χ4v) is 4.17. The Labute approximate surface area is 177 Å². The third-order valence-corrected chi connectivity index (χ3v) is 5.88. The van der Waals surface area contributed by atoms with Crippen LogP contribution in [0.15, 0.2) is 48.5 Å². The number of piperazine rings is 1. The van der Waals surface area contributed by atoms with Gasteiger partial charge in [-0.1, -0.05) is 25.1 Å². The van der Waals surface area contributed by atoms with Gasteiger partial charge < -0.3 is 19.9 Å². The second kappa shape index (κ2) is 9.20. The molecule has 2 amide bonds. The molecule has 0 aromatic heterocycles. The zero-order valence-electron chi connectivity index (χ0n) is 17.5. The fraction of sp³-hybridized carbons (Fsp3) is 0.417. The first-order valence-electron chi connectivity index (χ1n) is 10.7. The normalized spacial score (nSPS) is 18.6. The van der Waals surface area contributed by atoms with Crippen LogP contribution in [-0.4, -0.2) is 49.5 Å². The maximum absolute atomic E-state index is 12.5. The number of benzene rings is 2. The molecule has 2 aromatic rings. The Hall–Kier alpha value is -3.02. The molecule has 2 aliphatic rings. The molecule has 1 N–H and O–H groups in total. The van der Waals surface area contributed by atoms with Crippen LogP contribution in [0.1, 0.15) is 37.7 Å². The molecule has 158 valence electrons. The van der Waals surface area contributed by atoms with Crippen molar-refractivity contribution in [3.8, 4) is 5.75 Å². The van der Waals surface area contributed by atoms with Gasteiger partial charge in [0, 0.05) is 50.4 Å². The molecule has 30 heavy (non-hydrogen) atoms. The van der Waals surface area contributed by atoms with Gasteiger partial charge in [0.2, 0.25) is 11.8 Å². The Balaban J connectivity index is 1.20. The first-order chi connectivity index (χ1) is 14.6. The second-order valence-electron chi connectivity index (χ2n) is 8.06. The van der Waals surface area contributed by atoms with Gasteiger partial charge in [0.15, 0.2) is 0 Å². The molecule has 1 fully saturated rings. The van der Waals surface area contributed by atoms with Crippen LogP contribution in [0.5, 0.6) is 5.75 Å². The minimum absolute atomic E-state index is 0.0618. The van der Waals surface area contributed by atoms with Gasteiger partial charge in [0.1, 0.15) is 5.75 Å². The molecule has 0 saturated carbocycles. The van der Waals surface area contributed by atoms with E-state index in [9.17, 15) is 9.59 Å². The van der Waals surface area contributed by atoms with Crippen molar-refractivity contribution in [1.29, 1.82) is 0 Å². The van der Waals surface area contributed by atoms with Crippen molar-refractivity contribution in [2.24, 2.45) is 0 Å². The summed E-state index contributed by atoms with van der Waals surface area (Å²) in [4.78, 5) is 28.5. The van der Waals surface area contributed by atoms with Crippen molar-refractivity contribution in [2.75, 3.05) is 43.0 Å². The smallest absolute Gasteiger partial charge is 0.224 e. The first kappa shape index (κ1) is 20.3. The zero-order valence-corrected chi connectivity index (χ0v) is 17.5. The van der Waals surface area contributed by atoms with Crippen molar-refractivity contribution in [3.05, 3.63) is 54.1 Å². The minimum atomic E-state index is 0.0618. The third kappa shape index (κ3) is 4.75. The molecule has 1 saturated heterocycles. The van der Waals surface area contributed by atoms with Crippen molar-refractivity contribution < 1.29 is 14.3 Å². The van der Waals surface area contributed by atoms with Gasteiger partial charge in [0.25, 0.3) is 0 Å². The summed E-state index contributed by atoms with van der Waals surface area (Å²) in [7, 11) is 0. The molecule has 2 aromatic carbocycles. The SMILES string of the molecule is CC1CC(=O)Nc2ccc(OCCCC(=O)N3CCN(c4ccccc4)CC3)cc21. The maximum atomic E-state index is 12.5. The van der Waals surface area contributed by atoms with Gasteiger partial charge in [-0.15, -0.1) is 0 Å². The third-order valence-electron chi connectivity index (χ3n) is 5.88. The molecule has 2 aliphatic heterocycles. The number of hydrogen-bond donors (Lipinski definition) is 1. The number of carbonyl (C=O) groups is 2. The summed E-state index contributed by atoms with van der Waals surface area (Å²) in [5, 5.41) is 2.90. The van der Waals surface area contributed by atoms with Crippen LogP contribution in [-0.2, 0) is 9.59 Å². The number of hydrogen-bond acceptors (Lipinski definition) is 4. The van der Waals surface area contributed by atoms with Crippen molar-refractivity contribution >= 4 is 23.2 Å². The number of rotatable bonds is 6. The number of nitrogens with zero attached hydrogens (tertiary/aromatic N) is 2. The van der Waals surface area contributed by atoms with Crippen LogP contribution in [0, 0.1) is 0 Å². The Bertz CT molecular complexity index is 892. The van der Waals surface area contributed by atoms with Crippen LogP contribution >= 0.6 is 0 Å². The topological polar surface area (TPSA) is 61.9 Å². The summed E-state index contributed by atoms with van der Waals surface area (Å²) in [6.07, 6.45) is 1.70. The van der Waals surface area contributed by atoms with Gasteiger partial charge in [-0.25, -0.2) is 0 Å². The van der Waals surface area contributed by atoms with Crippen LogP contribution in [0.25, 0.3) is 0 Å². The maximum Gasteiger partial charge on any atom is 0.224 e. The van der Waals surface area contributed by atoms with Crippen LogP contribution in [0.4, 0.5) is 11.4 Å². The van der Waals surface area contributed by atoms with Crippen LogP contribution in [0.2, 0.25) is 0 Å². The molecule has 6 nitrogen and oxygen atoms in total. The molecule has 0 radical (unpaired) electrons. The fourth-order valence-electron chi connectivity index (χ4n) is 4.17. The predicted molar refractivity (Wildman–Crippen MR) is 118 cm³/mol. The van der Waals surface area contributed by atoms with Crippen molar-refractivity contribution in [1.82, 2.24) is 4.90 Å². The largest absolute Gasteiger partial charge is 0.494 e. The molecule has 2 heterocycles. The molecule has 0 spiro atoms. The Morgan fingerprint density at radius 1 is 1.10 bits per heavy atom. The van der Waals surface area contributed by atoms with Gasteiger partial charge in [0.05, 0.1) is 6.61 Å². The molecule has 1 unspecified atom stereocenters. The van der Waals surface area contributed by atoms with E-state index in [1.54, 1.807) is 0 Å². The highest BCUT2D eigenvalue weighted by Crippen LogP contribution is 2.34. The summed E-state index contributed by atoms with van der Waals surface area (Å²) in [5.41, 5.74) is 3.20. The van der Waals surface area contributed by atoms with Gasteiger partial charge >= 0.3 is 0 Å².